The average Bonchev–Trinajstić information content (AvgIpc) is 2.45. The molecule has 1 heterocycles. The third kappa shape index (κ3) is 3.06. The Bertz CT molecular complexity index is 451. The summed E-state index contributed by atoms with van der Waals surface area (Å²) >= 11 is 0. The highest BCUT2D eigenvalue weighted by Crippen LogP contribution is 2.34. The SMILES string of the molecule is COc1cccc(N2CC(C)OC(CO)C2)c1C(C)N. The zero-order chi connectivity index (χ0) is 14.7. The number of ether oxygens (including phenoxy) is 2. The molecule has 0 aliphatic carbocycles. The molecule has 5 nitrogen and oxygen atoms in total. The monoisotopic (exact) mass is 280 g/mol. The van der Waals surface area contributed by atoms with Gasteiger partial charge in [-0.15, -0.1) is 0 Å². The van der Waals surface area contributed by atoms with Crippen LogP contribution in [0, 0.1) is 0 Å². The first-order valence-corrected chi connectivity index (χ1v) is 7.00. The van der Waals surface area contributed by atoms with Gasteiger partial charge in [-0.1, -0.05) is 6.07 Å². The van der Waals surface area contributed by atoms with Gasteiger partial charge in [0.05, 0.1) is 25.9 Å². The van der Waals surface area contributed by atoms with E-state index < -0.39 is 0 Å². The molecule has 5 heteroatoms. The molecule has 0 amide bonds. The number of methoxy groups -OCH3 is 1. The van der Waals surface area contributed by atoms with Crippen molar-refractivity contribution in [3.8, 4) is 5.75 Å². The molecule has 0 aromatic heterocycles. The van der Waals surface area contributed by atoms with Crippen LogP contribution in [0.15, 0.2) is 18.2 Å². The van der Waals surface area contributed by atoms with Crippen LogP contribution in [0.3, 0.4) is 0 Å². The zero-order valence-electron chi connectivity index (χ0n) is 12.4. The Hall–Kier alpha value is -1.30. The first-order chi connectivity index (χ1) is 9.56. The molecule has 0 spiro atoms. The van der Waals surface area contributed by atoms with Crippen LogP contribution >= 0.6 is 0 Å². The maximum absolute atomic E-state index is 9.35. The van der Waals surface area contributed by atoms with Crippen molar-refractivity contribution in [3.63, 3.8) is 0 Å². The third-order valence-corrected chi connectivity index (χ3v) is 3.59. The lowest BCUT2D eigenvalue weighted by molar-refractivity contribution is -0.0421. The van der Waals surface area contributed by atoms with Crippen molar-refractivity contribution in [2.75, 3.05) is 31.7 Å². The summed E-state index contributed by atoms with van der Waals surface area (Å²) in [4.78, 5) is 2.22. The van der Waals surface area contributed by atoms with E-state index in [9.17, 15) is 5.11 Å². The Balaban J connectivity index is 2.36. The van der Waals surface area contributed by atoms with E-state index in [1.165, 1.54) is 0 Å². The summed E-state index contributed by atoms with van der Waals surface area (Å²) in [5.74, 6) is 0.803. The third-order valence-electron chi connectivity index (χ3n) is 3.59. The lowest BCUT2D eigenvalue weighted by Crippen LogP contribution is -2.48. The summed E-state index contributed by atoms with van der Waals surface area (Å²) in [6.45, 7) is 5.44. The average molecular weight is 280 g/mol. The fraction of sp³-hybridized carbons (Fsp3) is 0.600. The Morgan fingerprint density at radius 3 is 2.85 bits per heavy atom. The van der Waals surface area contributed by atoms with Crippen LogP contribution in [0.4, 0.5) is 5.69 Å². The highest BCUT2D eigenvalue weighted by atomic mass is 16.5. The number of hydrogen-bond donors (Lipinski definition) is 2. The lowest BCUT2D eigenvalue weighted by atomic mass is 10.0. The van der Waals surface area contributed by atoms with Crippen molar-refractivity contribution in [2.24, 2.45) is 5.73 Å². The number of anilines is 1. The predicted molar refractivity (Wildman–Crippen MR) is 79.2 cm³/mol. The van der Waals surface area contributed by atoms with Crippen molar-refractivity contribution < 1.29 is 14.6 Å². The molecule has 2 rings (SSSR count). The highest BCUT2D eigenvalue weighted by molar-refractivity contribution is 5.61. The molecule has 1 fully saturated rings. The first-order valence-electron chi connectivity index (χ1n) is 7.00. The molecule has 1 aliphatic heterocycles. The molecular weight excluding hydrogens is 256 g/mol. The highest BCUT2D eigenvalue weighted by Gasteiger charge is 2.27. The van der Waals surface area contributed by atoms with Crippen LogP contribution in [0.5, 0.6) is 5.75 Å². The topological polar surface area (TPSA) is 68.0 Å². The van der Waals surface area contributed by atoms with Crippen molar-refractivity contribution in [3.05, 3.63) is 23.8 Å². The molecule has 20 heavy (non-hydrogen) atoms. The quantitative estimate of drug-likeness (QED) is 0.870. The zero-order valence-corrected chi connectivity index (χ0v) is 12.4. The number of rotatable bonds is 4. The predicted octanol–water partition coefficient (Wildman–Crippen LogP) is 1.30. The van der Waals surface area contributed by atoms with Crippen molar-refractivity contribution in [2.45, 2.75) is 32.1 Å². The summed E-state index contributed by atoms with van der Waals surface area (Å²) in [7, 11) is 1.66. The number of hydrogen-bond acceptors (Lipinski definition) is 5. The van der Waals surface area contributed by atoms with E-state index in [4.69, 9.17) is 15.2 Å². The van der Waals surface area contributed by atoms with E-state index in [0.717, 1.165) is 23.5 Å². The van der Waals surface area contributed by atoms with Crippen LogP contribution < -0.4 is 15.4 Å². The Labute approximate surface area is 120 Å². The van der Waals surface area contributed by atoms with Gasteiger partial charge < -0.3 is 25.2 Å². The second-order valence-electron chi connectivity index (χ2n) is 5.34. The largest absolute Gasteiger partial charge is 0.496 e. The summed E-state index contributed by atoms with van der Waals surface area (Å²) in [6.07, 6.45) is -0.0843. The van der Waals surface area contributed by atoms with Crippen molar-refractivity contribution in [1.29, 1.82) is 0 Å². The van der Waals surface area contributed by atoms with Gasteiger partial charge in [0.2, 0.25) is 0 Å². The van der Waals surface area contributed by atoms with Gasteiger partial charge in [-0.25, -0.2) is 0 Å². The summed E-state index contributed by atoms with van der Waals surface area (Å²) in [6, 6.07) is 5.82. The van der Waals surface area contributed by atoms with E-state index in [1.54, 1.807) is 7.11 Å². The van der Waals surface area contributed by atoms with Gasteiger partial charge >= 0.3 is 0 Å². The minimum Gasteiger partial charge on any atom is -0.496 e. The Morgan fingerprint density at radius 2 is 2.25 bits per heavy atom. The van der Waals surface area contributed by atoms with Crippen LogP contribution in [0.2, 0.25) is 0 Å². The molecule has 3 atom stereocenters. The normalized spacial score (nSPS) is 24.6. The molecular formula is C15H24N2O3. The molecule has 1 saturated heterocycles. The Morgan fingerprint density at radius 1 is 1.50 bits per heavy atom. The van der Waals surface area contributed by atoms with E-state index in [1.807, 2.05) is 32.0 Å². The standard InChI is InChI=1S/C15H24N2O3/c1-10-7-17(8-12(9-18)20-10)13-5-4-6-14(19-3)15(13)11(2)16/h4-6,10-12,18H,7-9,16H2,1-3H3. The van der Waals surface area contributed by atoms with Gasteiger partial charge in [0.15, 0.2) is 0 Å². The van der Waals surface area contributed by atoms with Crippen LogP contribution in [0.1, 0.15) is 25.5 Å². The molecule has 3 N–H and O–H groups in total. The van der Waals surface area contributed by atoms with Gasteiger partial charge in [-0.2, -0.15) is 0 Å². The number of nitrogens with two attached hydrogens (primary N) is 1. The van der Waals surface area contributed by atoms with E-state index >= 15 is 0 Å². The van der Waals surface area contributed by atoms with E-state index in [0.29, 0.717) is 6.54 Å². The van der Waals surface area contributed by atoms with Crippen LogP contribution in [0.25, 0.3) is 0 Å². The van der Waals surface area contributed by atoms with Crippen molar-refractivity contribution >= 4 is 5.69 Å². The number of nitrogens with zero attached hydrogens (tertiary/aromatic N) is 1. The van der Waals surface area contributed by atoms with Gasteiger partial charge in [0.25, 0.3) is 0 Å². The van der Waals surface area contributed by atoms with Gasteiger partial charge in [-0.3, -0.25) is 0 Å². The second kappa shape index (κ2) is 6.43. The fourth-order valence-corrected chi connectivity index (χ4v) is 2.79. The van der Waals surface area contributed by atoms with Gasteiger partial charge in [-0.05, 0) is 26.0 Å². The van der Waals surface area contributed by atoms with Crippen LogP contribution in [-0.2, 0) is 4.74 Å². The second-order valence-corrected chi connectivity index (χ2v) is 5.34. The van der Waals surface area contributed by atoms with Crippen LogP contribution in [-0.4, -0.2) is 44.1 Å². The summed E-state index contributed by atoms with van der Waals surface area (Å²) < 4.78 is 11.1. The van der Waals surface area contributed by atoms with E-state index in [2.05, 4.69) is 4.90 Å². The molecule has 0 radical (unpaired) electrons. The molecule has 0 saturated carbocycles. The smallest absolute Gasteiger partial charge is 0.125 e. The molecule has 1 aromatic carbocycles. The number of morpholine rings is 1. The lowest BCUT2D eigenvalue weighted by Gasteiger charge is -2.39. The van der Waals surface area contributed by atoms with E-state index in [-0.39, 0.29) is 24.9 Å². The molecule has 112 valence electrons. The maximum Gasteiger partial charge on any atom is 0.125 e. The molecule has 0 bridgehead atoms. The van der Waals surface area contributed by atoms with Crippen molar-refractivity contribution in [1.82, 2.24) is 0 Å². The summed E-state index contributed by atoms with van der Waals surface area (Å²) in [5.41, 5.74) is 8.18. The Kier molecular flexibility index (Phi) is 4.86. The first kappa shape index (κ1) is 15.1. The maximum atomic E-state index is 9.35. The number of aliphatic hydroxyl groups excluding tert-OH is 1. The minimum atomic E-state index is -0.161. The fourth-order valence-electron chi connectivity index (χ4n) is 2.79. The van der Waals surface area contributed by atoms with Gasteiger partial charge in [0, 0.05) is 30.4 Å². The molecule has 1 aliphatic rings. The summed E-state index contributed by atoms with van der Waals surface area (Å²) in [5, 5.41) is 9.35. The molecule has 1 aromatic rings. The number of benzene rings is 1. The minimum absolute atomic E-state index is 0.0261. The molecule has 3 unspecified atom stereocenters. The number of aliphatic hydroxyl groups is 1. The van der Waals surface area contributed by atoms with Gasteiger partial charge in [0.1, 0.15) is 5.75 Å².